The maximum absolute atomic E-state index is 12.4. The minimum absolute atomic E-state index is 0.188. The molecular formula is C15H24N4O3. The Balaban J connectivity index is 2.00. The van der Waals surface area contributed by atoms with Crippen molar-refractivity contribution in [3.05, 3.63) is 18.2 Å². The predicted octanol–water partition coefficient (Wildman–Crippen LogP) is 1.72. The highest BCUT2D eigenvalue weighted by Crippen LogP contribution is 2.22. The van der Waals surface area contributed by atoms with Crippen LogP contribution in [-0.2, 0) is 11.3 Å². The number of carboxylic acid groups (broad SMARTS) is 1. The van der Waals surface area contributed by atoms with Gasteiger partial charge in [-0.1, -0.05) is 6.92 Å². The van der Waals surface area contributed by atoms with Gasteiger partial charge in [0, 0.05) is 32.0 Å². The number of aryl methyl sites for hydroxylation is 1. The van der Waals surface area contributed by atoms with E-state index in [0.29, 0.717) is 13.0 Å². The minimum atomic E-state index is -0.834. The van der Waals surface area contributed by atoms with E-state index < -0.39 is 11.9 Å². The monoisotopic (exact) mass is 308 g/mol. The Morgan fingerprint density at radius 3 is 2.86 bits per heavy atom. The van der Waals surface area contributed by atoms with Gasteiger partial charge in [-0.15, -0.1) is 0 Å². The van der Waals surface area contributed by atoms with Gasteiger partial charge in [-0.25, -0.2) is 9.78 Å². The molecule has 2 heterocycles. The number of nitrogens with zero attached hydrogens (tertiary/aromatic N) is 3. The normalized spacial score (nSPS) is 23.1. The molecule has 2 N–H and O–H groups in total. The molecule has 0 aliphatic carbocycles. The molecule has 122 valence electrons. The molecule has 3 unspecified atom stereocenters. The molecule has 1 saturated heterocycles. The highest BCUT2D eigenvalue weighted by molar-refractivity contribution is 5.76. The summed E-state index contributed by atoms with van der Waals surface area (Å²) in [6, 6.07) is -0.445. The van der Waals surface area contributed by atoms with E-state index in [1.165, 1.54) is 0 Å². The number of imidazole rings is 1. The Kier molecular flexibility index (Phi) is 5.05. The van der Waals surface area contributed by atoms with Crippen molar-refractivity contribution in [2.75, 3.05) is 13.1 Å². The van der Waals surface area contributed by atoms with Gasteiger partial charge in [0.25, 0.3) is 0 Å². The van der Waals surface area contributed by atoms with Crippen LogP contribution in [0.1, 0.15) is 39.1 Å². The third-order valence-corrected chi connectivity index (χ3v) is 4.11. The largest absolute Gasteiger partial charge is 0.481 e. The van der Waals surface area contributed by atoms with Gasteiger partial charge in [0.1, 0.15) is 5.82 Å². The number of carboxylic acids is 1. The van der Waals surface area contributed by atoms with Crippen molar-refractivity contribution in [2.45, 2.75) is 39.8 Å². The Bertz CT molecular complexity index is 543. The fourth-order valence-electron chi connectivity index (χ4n) is 3.01. The van der Waals surface area contributed by atoms with Gasteiger partial charge in [0.15, 0.2) is 0 Å². The molecule has 7 heteroatoms. The first-order valence-electron chi connectivity index (χ1n) is 7.71. The van der Waals surface area contributed by atoms with Crippen molar-refractivity contribution >= 4 is 12.0 Å². The van der Waals surface area contributed by atoms with E-state index in [0.717, 1.165) is 12.4 Å². The molecule has 7 nitrogen and oxygen atoms in total. The lowest BCUT2D eigenvalue weighted by molar-refractivity contribution is -0.143. The molecule has 2 amide bonds. The highest BCUT2D eigenvalue weighted by atomic mass is 16.4. The zero-order valence-electron chi connectivity index (χ0n) is 13.3. The van der Waals surface area contributed by atoms with Crippen molar-refractivity contribution in [1.29, 1.82) is 0 Å². The zero-order chi connectivity index (χ0) is 16.3. The second-order valence-electron chi connectivity index (χ2n) is 6.02. The summed E-state index contributed by atoms with van der Waals surface area (Å²) < 4.78 is 1.98. The van der Waals surface area contributed by atoms with E-state index in [1.807, 2.05) is 31.5 Å². The SMILES string of the molecule is CCn1ccnc1C(C)NC(=O)N1CC(C)CC(C(=O)O)C1. The van der Waals surface area contributed by atoms with Crippen LogP contribution in [0.4, 0.5) is 4.79 Å². The molecule has 1 aliphatic heterocycles. The number of rotatable bonds is 4. The van der Waals surface area contributed by atoms with Crippen LogP contribution in [0.15, 0.2) is 12.4 Å². The van der Waals surface area contributed by atoms with Gasteiger partial charge in [0.05, 0.1) is 12.0 Å². The van der Waals surface area contributed by atoms with Crippen molar-refractivity contribution in [3.63, 3.8) is 0 Å². The summed E-state index contributed by atoms with van der Waals surface area (Å²) in [6.45, 7) is 7.52. The summed E-state index contributed by atoms with van der Waals surface area (Å²) in [6.07, 6.45) is 4.21. The van der Waals surface area contributed by atoms with Gasteiger partial charge in [-0.3, -0.25) is 4.79 Å². The number of amides is 2. The molecule has 0 aromatic carbocycles. The Hall–Kier alpha value is -2.05. The van der Waals surface area contributed by atoms with Crippen LogP contribution in [0.2, 0.25) is 0 Å². The van der Waals surface area contributed by atoms with Gasteiger partial charge >= 0.3 is 12.0 Å². The number of urea groups is 1. The van der Waals surface area contributed by atoms with Crippen LogP contribution in [0.3, 0.4) is 0 Å². The molecule has 3 atom stereocenters. The van der Waals surface area contributed by atoms with Crippen molar-refractivity contribution in [1.82, 2.24) is 19.8 Å². The van der Waals surface area contributed by atoms with Crippen LogP contribution in [0, 0.1) is 11.8 Å². The number of nitrogens with one attached hydrogen (secondary N) is 1. The maximum Gasteiger partial charge on any atom is 0.318 e. The summed E-state index contributed by atoms with van der Waals surface area (Å²) in [5, 5.41) is 12.1. The molecule has 1 aromatic heterocycles. The average molecular weight is 308 g/mol. The molecule has 0 saturated carbocycles. The van der Waals surface area contributed by atoms with E-state index in [1.54, 1.807) is 11.1 Å². The summed E-state index contributed by atoms with van der Waals surface area (Å²) in [7, 11) is 0. The van der Waals surface area contributed by atoms with Gasteiger partial charge in [-0.2, -0.15) is 0 Å². The number of carbonyl (C=O) groups is 2. The number of likely N-dealkylation sites (tertiary alicyclic amines) is 1. The van der Waals surface area contributed by atoms with Crippen LogP contribution >= 0.6 is 0 Å². The molecule has 1 aromatic rings. The summed E-state index contributed by atoms with van der Waals surface area (Å²) in [4.78, 5) is 29.5. The van der Waals surface area contributed by atoms with Crippen molar-refractivity contribution in [3.8, 4) is 0 Å². The Labute approximate surface area is 130 Å². The third-order valence-electron chi connectivity index (χ3n) is 4.11. The number of aromatic nitrogens is 2. The first-order chi connectivity index (χ1) is 10.4. The molecule has 0 spiro atoms. The zero-order valence-corrected chi connectivity index (χ0v) is 13.3. The second-order valence-corrected chi connectivity index (χ2v) is 6.02. The first-order valence-corrected chi connectivity index (χ1v) is 7.71. The van der Waals surface area contributed by atoms with Crippen LogP contribution in [0.5, 0.6) is 0 Å². The minimum Gasteiger partial charge on any atom is -0.481 e. The van der Waals surface area contributed by atoms with Gasteiger partial charge < -0.3 is 19.9 Å². The Morgan fingerprint density at radius 1 is 1.50 bits per heavy atom. The summed E-state index contributed by atoms with van der Waals surface area (Å²) in [5.74, 6) is -0.328. The topological polar surface area (TPSA) is 87.5 Å². The van der Waals surface area contributed by atoms with Crippen LogP contribution < -0.4 is 5.32 Å². The number of hydrogen-bond acceptors (Lipinski definition) is 3. The lowest BCUT2D eigenvalue weighted by Gasteiger charge is -2.35. The lowest BCUT2D eigenvalue weighted by Crippen LogP contribution is -2.50. The third kappa shape index (κ3) is 3.58. The standard InChI is InChI=1S/C15H24N4O3/c1-4-18-6-5-16-13(18)11(3)17-15(22)19-8-10(2)7-12(9-19)14(20)21/h5-6,10-12H,4,7-9H2,1-3H3,(H,17,22)(H,20,21). The number of piperidine rings is 1. The van der Waals surface area contributed by atoms with Crippen LogP contribution in [-0.4, -0.2) is 44.6 Å². The number of aliphatic carboxylic acids is 1. The molecule has 22 heavy (non-hydrogen) atoms. The first kappa shape index (κ1) is 16.3. The smallest absolute Gasteiger partial charge is 0.318 e. The molecule has 2 rings (SSSR count). The average Bonchev–Trinajstić information content (AvgIpc) is 2.94. The van der Waals surface area contributed by atoms with E-state index in [9.17, 15) is 14.7 Å². The molecule has 1 aliphatic rings. The van der Waals surface area contributed by atoms with E-state index >= 15 is 0 Å². The fraction of sp³-hybridized carbons (Fsp3) is 0.667. The summed E-state index contributed by atoms with van der Waals surface area (Å²) in [5.41, 5.74) is 0. The molecule has 0 bridgehead atoms. The van der Waals surface area contributed by atoms with Crippen LogP contribution in [0.25, 0.3) is 0 Å². The molecule has 0 radical (unpaired) electrons. The van der Waals surface area contributed by atoms with E-state index in [2.05, 4.69) is 10.3 Å². The maximum atomic E-state index is 12.4. The van der Waals surface area contributed by atoms with Gasteiger partial charge in [-0.05, 0) is 26.2 Å². The van der Waals surface area contributed by atoms with Gasteiger partial charge in [0.2, 0.25) is 0 Å². The predicted molar refractivity (Wildman–Crippen MR) is 81.3 cm³/mol. The summed E-state index contributed by atoms with van der Waals surface area (Å²) >= 11 is 0. The molecule has 1 fully saturated rings. The van der Waals surface area contributed by atoms with Crippen molar-refractivity contribution in [2.24, 2.45) is 11.8 Å². The lowest BCUT2D eigenvalue weighted by atomic mass is 9.91. The molecular weight excluding hydrogens is 284 g/mol. The second kappa shape index (κ2) is 6.81. The Morgan fingerprint density at radius 2 is 2.23 bits per heavy atom. The number of hydrogen-bond donors (Lipinski definition) is 2. The van der Waals surface area contributed by atoms with E-state index in [-0.39, 0.29) is 24.5 Å². The quantitative estimate of drug-likeness (QED) is 0.886. The fourth-order valence-corrected chi connectivity index (χ4v) is 3.01. The van der Waals surface area contributed by atoms with E-state index in [4.69, 9.17) is 0 Å². The van der Waals surface area contributed by atoms with Crippen molar-refractivity contribution < 1.29 is 14.7 Å². The number of carbonyl (C=O) groups excluding carboxylic acids is 1. The highest BCUT2D eigenvalue weighted by Gasteiger charge is 2.32.